The molecule has 1 fully saturated rings. The molecule has 1 aromatic heterocycles. The summed E-state index contributed by atoms with van der Waals surface area (Å²) in [6.07, 6.45) is -4.37. The van der Waals surface area contributed by atoms with Gasteiger partial charge in [-0.25, -0.2) is 0 Å². The second kappa shape index (κ2) is 14.1. The molecule has 0 aliphatic carbocycles. The second-order valence-corrected chi connectivity index (χ2v) is 11.2. The van der Waals surface area contributed by atoms with Gasteiger partial charge in [0.25, 0.3) is 0 Å². The summed E-state index contributed by atoms with van der Waals surface area (Å²) in [6.45, 7) is 1.56. The van der Waals surface area contributed by atoms with Crippen LogP contribution < -0.4 is 0 Å². The van der Waals surface area contributed by atoms with Gasteiger partial charge in [-0.05, 0) is 0 Å². The van der Waals surface area contributed by atoms with E-state index in [2.05, 4.69) is 4.98 Å². The molecule has 5 rings (SSSR count). The number of carbonyl (C=O) groups is 4. The van der Waals surface area contributed by atoms with Crippen molar-refractivity contribution in [3.63, 3.8) is 0 Å². The fourth-order valence-corrected chi connectivity index (χ4v) is 6.19. The Balaban J connectivity index is 1.47. The van der Waals surface area contributed by atoms with E-state index < -0.39 is 62.8 Å². The molecule has 11 heteroatoms. The van der Waals surface area contributed by atoms with E-state index in [0.29, 0.717) is 10.1 Å². The Morgan fingerprint density at radius 1 is 0.698 bits per heavy atom. The number of nitrogens with zero attached hydrogens (tertiary/aromatic N) is 1. The summed E-state index contributed by atoms with van der Waals surface area (Å²) in [7, 11) is 0. The van der Waals surface area contributed by atoms with E-state index in [4.69, 9.17) is 23.7 Å². The van der Waals surface area contributed by atoms with E-state index in [1.807, 2.05) is 0 Å². The SMILES string of the molecule is CCOC(=O)c1c[se]c([C@H]2O[C@H](COC(=O)c3ccccc3)[C@@H](OC(=O)c3ccccc3)[C@H]2OC(=O)c2ccccc2)n1. The third kappa shape index (κ3) is 7.26. The molecule has 43 heavy (non-hydrogen) atoms. The Kier molecular flexibility index (Phi) is 9.78. The number of rotatable bonds is 10. The quantitative estimate of drug-likeness (QED) is 0.141. The summed E-state index contributed by atoms with van der Waals surface area (Å²) >= 11 is -0.465. The van der Waals surface area contributed by atoms with E-state index >= 15 is 0 Å². The molecule has 10 nitrogen and oxygen atoms in total. The second-order valence-electron chi connectivity index (χ2n) is 9.32. The van der Waals surface area contributed by atoms with Gasteiger partial charge in [-0.15, -0.1) is 0 Å². The van der Waals surface area contributed by atoms with Crippen LogP contribution in [0.3, 0.4) is 0 Å². The average molecular weight is 649 g/mol. The van der Waals surface area contributed by atoms with Crippen LogP contribution in [0, 0.1) is 0 Å². The molecule has 0 amide bonds. The zero-order valence-corrected chi connectivity index (χ0v) is 24.7. The summed E-state index contributed by atoms with van der Waals surface area (Å²) in [5.41, 5.74) is 0.990. The Labute approximate surface area is 253 Å². The molecule has 0 N–H and O–H groups in total. The van der Waals surface area contributed by atoms with Crippen LogP contribution in [0.15, 0.2) is 95.9 Å². The molecule has 0 bridgehead atoms. The van der Waals surface area contributed by atoms with Crippen LogP contribution in [0.2, 0.25) is 0 Å². The van der Waals surface area contributed by atoms with Gasteiger partial charge < -0.3 is 0 Å². The van der Waals surface area contributed by atoms with E-state index in [1.54, 1.807) is 103 Å². The maximum atomic E-state index is 13.3. The third-order valence-corrected chi connectivity index (χ3v) is 8.35. The molecule has 4 atom stereocenters. The Hall–Kier alpha value is -4.57. The molecule has 220 valence electrons. The molecule has 0 spiro atoms. The van der Waals surface area contributed by atoms with Crippen molar-refractivity contribution in [2.24, 2.45) is 0 Å². The summed E-state index contributed by atoms with van der Waals surface area (Å²) in [6, 6.07) is 25.0. The standard InChI is InChI=1S/C32H27NO9Se/c1-2-38-32(37)23-19-43-28(33-23)27-26(42-31(36)22-16-10-5-11-17-22)25(41-30(35)21-14-8-4-9-15-21)24(40-27)18-39-29(34)20-12-6-3-7-13-20/h3-17,19,24-27H,2,18H2,1H3/t24-,25-,26-,27+/m1/s1. The summed E-state index contributed by atoms with van der Waals surface area (Å²) in [5, 5.41) is 0. The van der Waals surface area contributed by atoms with Gasteiger partial charge in [0.15, 0.2) is 0 Å². The molecular formula is C32H27NO9Se. The van der Waals surface area contributed by atoms with Crippen molar-refractivity contribution < 1.29 is 42.9 Å². The molecule has 1 saturated heterocycles. The number of aromatic nitrogens is 1. The molecule has 4 aromatic rings. The van der Waals surface area contributed by atoms with Crippen LogP contribution in [0.25, 0.3) is 0 Å². The summed E-state index contributed by atoms with van der Waals surface area (Å²) in [5.74, 6) is -2.55. The first-order valence-electron chi connectivity index (χ1n) is 13.5. The fourth-order valence-electron chi connectivity index (χ4n) is 4.40. The molecule has 0 saturated carbocycles. The topological polar surface area (TPSA) is 127 Å². The van der Waals surface area contributed by atoms with Gasteiger partial charge >= 0.3 is 254 Å². The zero-order valence-electron chi connectivity index (χ0n) is 23.0. The van der Waals surface area contributed by atoms with Gasteiger partial charge in [0.05, 0.1) is 0 Å². The molecule has 0 radical (unpaired) electrons. The predicted molar refractivity (Wildman–Crippen MR) is 153 cm³/mol. The molecule has 0 unspecified atom stereocenters. The first-order valence-corrected chi connectivity index (χ1v) is 15.3. The van der Waals surface area contributed by atoms with E-state index in [9.17, 15) is 19.2 Å². The van der Waals surface area contributed by atoms with Gasteiger partial charge in [0, 0.05) is 0 Å². The van der Waals surface area contributed by atoms with Crippen molar-refractivity contribution in [3.05, 3.63) is 123 Å². The van der Waals surface area contributed by atoms with Crippen molar-refractivity contribution in [1.82, 2.24) is 4.98 Å². The van der Waals surface area contributed by atoms with Gasteiger partial charge in [-0.2, -0.15) is 0 Å². The average Bonchev–Trinajstić information content (AvgIpc) is 3.66. The van der Waals surface area contributed by atoms with Crippen molar-refractivity contribution >= 4 is 38.4 Å². The monoisotopic (exact) mass is 649 g/mol. The number of ether oxygens (including phenoxy) is 5. The summed E-state index contributed by atoms with van der Waals surface area (Å²) < 4.78 is 29.2. The van der Waals surface area contributed by atoms with Crippen LogP contribution in [0.4, 0.5) is 0 Å². The minimum atomic E-state index is -1.18. The van der Waals surface area contributed by atoms with Gasteiger partial charge in [0.1, 0.15) is 0 Å². The summed E-state index contributed by atoms with van der Waals surface area (Å²) in [4.78, 5) is 57.7. The number of esters is 4. The molecule has 2 heterocycles. The normalized spacial score (nSPS) is 19.3. The number of benzene rings is 3. The Bertz CT molecular complexity index is 1560. The zero-order chi connectivity index (χ0) is 30.2. The van der Waals surface area contributed by atoms with Crippen LogP contribution in [-0.4, -0.2) is 74.9 Å². The molecule has 1 aliphatic heterocycles. The molecule has 1 aliphatic rings. The van der Waals surface area contributed by atoms with E-state index in [-0.39, 0.29) is 30.0 Å². The van der Waals surface area contributed by atoms with Crippen molar-refractivity contribution in [3.8, 4) is 0 Å². The minimum absolute atomic E-state index is 0.116. The Morgan fingerprint density at radius 3 is 1.74 bits per heavy atom. The molecular weight excluding hydrogens is 621 g/mol. The predicted octanol–water partition coefficient (Wildman–Crippen LogP) is 4.06. The van der Waals surface area contributed by atoms with Gasteiger partial charge in [0.2, 0.25) is 0 Å². The Morgan fingerprint density at radius 2 is 1.21 bits per heavy atom. The number of hydrogen-bond donors (Lipinski definition) is 0. The van der Waals surface area contributed by atoms with Crippen molar-refractivity contribution in [1.29, 1.82) is 0 Å². The van der Waals surface area contributed by atoms with Gasteiger partial charge in [-0.1, -0.05) is 0 Å². The van der Waals surface area contributed by atoms with Crippen LogP contribution in [-0.2, 0) is 23.7 Å². The molecule has 3 aromatic carbocycles. The van der Waals surface area contributed by atoms with E-state index in [0.717, 1.165) is 0 Å². The van der Waals surface area contributed by atoms with Gasteiger partial charge in [-0.3, -0.25) is 0 Å². The van der Waals surface area contributed by atoms with Crippen LogP contribution >= 0.6 is 0 Å². The fraction of sp³-hybridized carbons (Fsp3) is 0.219. The van der Waals surface area contributed by atoms with Crippen LogP contribution in [0.1, 0.15) is 59.2 Å². The van der Waals surface area contributed by atoms with Crippen molar-refractivity contribution in [2.75, 3.05) is 13.2 Å². The maximum absolute atomic E-state index is 13.3. The first kappa shape index (κ1) is 29.9. The third-order valence-electron chi connectivity index (χ3n) is 6.45. The number of hydrogen-bond acceptors (Lipinski definition) is 10. The van der Waals surface area contributed by atoms with E-state index in [1.165, 1.54) is 0 Å². The van der Waals surface area contributed by atoms with Crippen LogP contribution in [0.5, 0.6) is 0 Å². The number of carbonyl (C=O) groups excluding carboxylic acids is 4. The van der Waals surface area contributed by atoms with Crippen molar-refractivity contribution in [2.45, 2.75) is 31.3 Å². The first-order chi connectivity index (χ1) is 20.9.